The van der Waals surface area contributed by atoms with Gasteiger partial charge in [0.15, 0.2) is 5.60 Å². The third-order valence-corrected chi connectivity index (χ3v) is 4.77. The van der Waals surface area contributed by atoms with E-state index < -0.39 is 11.6 Å². The van der Waals surface area contributed by atoms with Crippen molar-refractivity contribution >= 4 is 5.97 Å². The largest absolute Gasteiger partial charge is 0.464 e. The Labute approximate surface area is 139 Å². The molecule has 0 heterocycles. The number of hydrogen-bond acceptors (Lipinski definition) is 4. The molecule has 23 heavy (non-hydrogen) atoms. The van der Waals surface area contributed by atoms with Crippen LogP contribution in [0.5, 0.6) is 0 Å². The number of nitrogens with zero attached hydrogens (tertiary/aromatic N) is 1. The van der Waals surface area contributed by atoms with E-state index in [1.165, 1.54) is 18.4 Å². The van der Waals surface area contributed by atoms with Crippen LogP contribution in [0.1, 0.15) is 51.5 Å². The number of benzene rings is 1. The highest BCUT2D eigenvalue weighted by Gasteiger charge is 2.39. The molecule has 4 nitrogen and oxygen atoms in total. The van der Waals surface area contributed by atoms with Crippen LogP contribution in [0.2, 0.25) is 0 Å². The normalized spacial score (nSPS) is 18.1. The lowest BCUT2D eigenvalue weighted by atomic mass is 9.98. The van der Waals surface area contributed by atoms with Gasteiger partial charge in [0.25, 0.3) is 0 Å². The molecule has 0 aliphatic heterocycles. The first-order chi connectivity index (χ1) is 11.1. The van der Waals surface area contributed by atoms with E-state index in [9.17, 15) is 9.90 Å². The van der Waals surface area contributed by atoms with Crippen molar-refractivity contribution in [3.8, 4) is 0 Å². The van der Waals surface area contributed by atoms with Crippen LogP contribution in [0.25, 0.3) is 0 Å². The predicted octanol–water partition coefficient (Wildman–Crippen LogP) is 3.14. The first-order valence-electron chi connectivity index (χ1n) is 8.76. The van der Waals surface area contributed by atoms with E-state index in [-0.39, 0.29) is 0 Å². The van der Waals surface area contributed by atoms with Crippen molar-refractivity contribution in [3.05, 3.63) is 35.9 Å². The van der Waals surface area contributed by atoms with Crippen LogP contribution in [0, 0.1) is 0 Å². The fraction of sp³-hybridized carbons (Fsp3) is 0.632. The van der Waals surface area contributed by atoms with E-state index >= 15 is 0 Å². The Morgan fingerprint density at radius 2 is 1.91 bits per heavy atom. The van der Waals surface area contributed by atoms with Gasteiger partial charge in [0.2, 0.25) is 0 Å². The van der Waals surface area contributed by atoms with Gasteiger partial charge in [-0.2, -0.15) is 0 Å². The maximum Gasteiger partial charge on any atom is 0.339 e. The fourth-order valence-corrected chi connectivity index (χ4v) is 3.32. The molecule has 2 rings (SSSR count). The number of hydrogen-bond donors (Lipinski definition) is 1. The monoisotopic (exact) mass is 319 g/mol. The second-order valence-electron chi connectivity index (χ2n) is 6.43. The summed E-state index contributed by atoms with van der Waals surface area (Å²) >= 11 is 0. The van der Waals surface area contributed by atoms with Gasteiger partial charge in [0.1, 0.15) is 0 Å². The summed E-state index contributed by atoms with van der Waals surface area (Å²) in [7, 11) is 0. The minimum Gasteiger partial charge on any atom is -0.464 e. The Morgan fingerprint density at radius 3 is 2.48 bits per heavy atom. The third-order valence-electron chi connectivity index (χ3n) is 4.77. The van der Waals surface area contributed by atoms with Crippen LogP contribution >= 0.6 is 0 Å². The summed E-state index contributed by atoms with van der Waals surface area (Å²) in [6, 6.07) is 10.7. The average molecular weight is 319 g/mol. The Kier molecular flexibility index (Phi) is 6.60. The molecule has 0 radical (unpaired) electrons. The van der Waals surface area contributed by atoms with Gasteiger partial charge in [-0.3, -0.25) is 4.90 Å². The summed E-state index contributed by atoms with van der Waals surface area (Å²) in [4.78, 5) is 14.5. The summed E-state index contributed by atoms with van der Waals surface area (Å²) in [6.07, 6.45) is 5.08. The van der Waals surface area contributed by atoms with Crippen LogP contribution in [0.4, 0.5) is 0 Å². The van der Waals surface area contributed by atoms with Crippen molar-refractivity contribution < 1.29 is 14.6 Å². The molecule has 128 valence electrons. The van der Waals surface area contributed by atoms with Crippen LogP contribution in [-0.4, -0.2) is 40.8 Å². The highest BCUT2D eigenvalue weighted by Crippen LogP contribution is 2.27. The van der Waals surface area contributed by atoms with E-state index in [1.54, 1.807) is 6.92 Å². The SMILES string of the molecule is CCOC(=O)C(O)(CC)CN(Cc1ccccc1)C1CCCC1. The van der Waals surface area contributed by atoms with Crippen LogP contribution < -0.4 is 0 Å². The van der Waals surface area contributed by atoms with Crippen molar-refractivity contribution in [1.29, 1.82) is 0 Å². The molecule has 1 N–H and O–H groups in total. The van der Waals surface area contributed by atoms with Gasteiger partial charge in [0.05, 0.1) is 6.61 Å². The van der Waals surface area contributed by atoms with Crippen molar-refractivity contribution in [2.45, 2.75) is 64.1 Å². The smallest absolute Gasteiger partial charge is 0.339 e. The lowest BCUT2D eigenvalue weighted by Crippen LogP contribution is -2.51. The molecule has 0 amide bonds. The molecule has 1 aromatic rings. The van der Waals surface area contributed by atoms with Crippen LogP contribution in [0.3, 0.4) is 0 Å². The van der Waals surface area contributed by atoms with Gasteiger partial charge in [-0.1, -0.05) is 50.1 Å². The maximum atomic E-state index is 12.2. The fourth-order valence-electron chi connectivity index (χ4n) is 3.32. The van der Waals surface area contributed by atoms with Gasteiger partial charge < -0.3 is 9.84 Å². The third kappa shape index (κ3) is 4.79. The number of carbonyl (C=O) groups excluding carboxylic acids is 1. The highest BCUT2D eigenvalue weighted by atomic mass is 16.5. The van der Waals surface area contributed by atoms with E-state index in [1.807, 2.05) is 25.1 Å². The first kappa shape index (κ1) is 18.0. The zero-order chi connectivity index (χ0) is 16.7. The number of esters is 1. The Hall–Kier alpha value is -1.39. The molecule has 1 aliphatic rings. The second-order valence-corrected chi connectivity index (χ2v) is 6.43. The molecule has 1 saturated carbocycles. The first-order valence-corrected chi connectivity index (χ1v) is 8.76. The Morgan fingerprint density at radius 1 is 1.26 bits per heavy atom. The number of ether oxygens (including phenoxy) is 1. The standard InChI is InChI=1S/C19H29NO3/c1-3-19(22,18(21)23-4-2)15-20(17-12-8-9-13-17)14-16-10-6-5-7-11-16/h5-7,10-11,17,22H,3-4,8-9,12-15H2,1-2H3. The van der Waals surface area contributed by atoms with Crippen LogP contribution in [0.15, 0.2) is 30.3 Å². The molecule has 0 spiro atoms. The zero-order valence-corrected chi connectivity index (χ0v) is 14.3. The molecule has 1 fully saturated rings. The quantitative estimate of drug-likeness (QED) is 0.748. The average Bonchev–Trinajstić information content (AvgIpc) is 3.10. The number of carbonyl (C=O) groups is 1. The van der Waals surface area contributed by atoms with Gasteiger partial charge in [-0.15, -0.1) is 0 Å². The minimum atomic E-state index is -1.42. The number of rotatable bonds is 8. The van der Waals surface area contributed by atoms with Crippen molar-refractivity contribution in [3.63, 3.8) is 0 Å². The van der Waals surface area contributed by atoms with E-state index in [4.69, 9.17) is 4.74 Å². The minimum absolute atomic E-state index is 0.295. The molecule has 4 heteroatoms. The summed E-state index contributed by atoms with van der Waals surface area (Å²) in [5, 5.41) is 10.8. The highest BCUT2D eigenvalue weighted by molar-refractivity contribution is 5.79. The van der Waals surface area contributed by atoms with Crippen LogP contribution in [-0.2, 0) is 16.1 Å². The summed E-state index contributed by atoms with van der Waals surface area (Å²) in [5.41, 5.74) is -0.213. The molecule has 1 aliphatic carbocycles. The maximum absolute atomic E-state index is 12.2. The van der Waals surface area contributed by atoms with Crippen molar-refractivity contribution in [2.75, 3.05) is 13.2 Å². The summed E-state index contributed by atoms with van der Waals surface area (Å²) in [5.74, 6) is -0.501. The summed E-state index contributed by atoms with van der Waals surface area (Å²) < 4.78 is 5.10. The van der Waals surface area contributed by atoms with E-state index in [2.05, 4.69) is 17.0 Å². The van der Waals surface area contributed by atoms with Crippen molar-refractivity contribution in [2.24, 2.45) is 0 Å². The molecular formula is C19H29NO3. The van der Waals surface area contributed by atoms with E-state index in [0.717, 1.165) is 19.4 Å². The molecule has 1 aromatic carbocycles. The second kappa shape index (κ2) is 8.46. The zero-order valence-electron chi connectivity index (χ0n) is 14.3. The number of aliphatic hydroxyl groups is 1. The van der Waals surface area contributed by atoms with Gasteiger partial charge in [-0.05, 0) is 31.7 Å². The van der Waals surface area contributed by atoms with Gasteiger partial charge in [-0.25, -0.2) is 4.79 Å². The van der Waals surface area contributed by atoms with E-state index in [0.29, 0.717) is 25.6 Å². The predicted molar refractivity (Wildman–Crippen MR) is 91.0 cm³/mol. The lowest BCUT2D eigenvalue weighted by molar-refractivity contribution is -0.168. The Balaban J connectivity index is 2.14. The molecule has 0 saturated heterocycles. The molecular weight excluding hydrogens is 290 g/mol. The van der Waals surface area contributed by atoms with Gasteiger partial charge in [0, 0.05) is 19.1 Å². The molecule has 0 bridgehead atoms. The molecule has 0 aromatic heterocycles. The molecule has 1 unspecified atom stereocenters. The van der Waals surface area contributed by atoms with Gasteiger partial charge >= 0.3 is 5.97 Å². The lowest BCUT2D eigenvalue weighted by Gasteiger charge is -2.35. The Bertz CT molecular complexity index is 485. The topological polar surface area (TPSA) is 49.8 Å². The van der Waals surface area contributed by atoms with Crippen molar-refractivity contribution in [1.82, 2.24) is 4.90 Å². The summed E-state index contributed by atoms with van der Waals surface area (Å²) in [6.45, 7) is 5.00. The molecule has 1 atom stereocenters.